The second-order valence-corrected chi connectivity index (χ2v) is 6.78. The summed E-state index contributed by atoms with van der Waals surface area (Å²) < 4.78 is 10.7. The molecule has 0 aliphatic heterocycles. The Morgan fingerprint density at radius 1 is 0.871 bits per heavy atom. The largest absolute Gasteiger partial charge is 0.493 e. The van der Waals surface area contributed by atoms with Gasteiger partial charge in [-0.25, -0.2) is 0 Å². The van der Waals surface area contributed by atoms with Gasteiger partial charge in [0.1, 0.15) is 0 Å². The van der Waals surface area contributed by atoms with E-state index in [0.29, 0.717) is 29.2 Å². The van der Waals surface area contributed by atoms with Gasteiger partial charge in [-0.05, 0) is 47.0 Å². The van der Waals surface area contributed by atoms with Crippen LogP contribution in [0.1, 0.15) is 27.0 Å². The fourth-order valence-corrected chi connectivity index (χ4v) is 3.07. The molecule has 0 aliphatic carbocycles. The van der Waals surface area contributed by atoms with Crippen LogP contribution in [0, 0.1) is 0 Å². The van der Waals surface area contributed by atoms with Crippen LogP contribution in [0.2, 0.25) is 0 Å². The Kier molecular flexibility index (Phi) is 7.06. The molecule has 0 heterocycles. The molecule has 2 amide bonds. The van der Waals surface area contributed by atoms with Crippen molar-refractivity contribution in [2.75, 3.05) is 14.2 Å². The molecule has 0 atom stereocenters. The molecule has 0 saturated carbocycles. The molecule has 6 nitrogen and oxygen atoms in total. The van der Waals surface area contributed by atoms with Crippen LogP contribution in [-0.4, -0.2) is 26.0 Å². The van der Waals surface area contributed by atoms with Gasteiger partial charge in [-0.2, -0.15) is 0 Å². The van der Waals surface area contributed by atoms with Crippen LogP contribution in [0.5, 0.6) is 11.5 Å². The van der Waals surface area contributed by atoms with Crippen molar-refractivity contribution in [2.24, 2.45) is 5.73 Å². The van der Waals surface area contributed by atoms with Crippen molar-refractivity contribution in [1.29, 1.82) is 0 Å². The predicted molar refractivity (Wildman–Crippen MR) is 121 cm³/mol. The van der Waals surface area contributed by atoms with Crippen LogP contribution >= 0.6 is 0 Å². The summed E-state index contributed by atoms with van der Waals surface area (Å²) in [6.07, 6.45) is 1.81. The summed E-state index contributed by atoms with van der Waals surface area (Å²) in [5, 5.41) is 2.94. The molecule has 0 aliphatic rings. The third kappa shape index (κ3) is 5.51. The van der Waals surface area contributed by atoms with E-state index >= 15 is 0 Å². The lowest BCUT2D eigenvalue weighted by molar-refractivity contribution is -0.115. The van der Waals surface area contributed by atoms with Crippen molar-refractivity contribution < 1.29 is 19.1 Å². The monoisotopic (exact) mass is 416 g/mol. The first-order chi connectivity index (χ1) is 15.0. The van der Waals surface area contributed by atoms with Crippen molar-refractivity contribution in [3.8, 4) is 11.5 Å². The zero-order valence-corrected chi connectivity index (χ0v) is 17.4. The zero-order chi connectivity index (χ0) is 22.2. The van der Waals surface area contributed by atoms with Gasteiger partial charge in [0.05, 0.1) is 14.2 Å². The molecule has 3 aromatic carbocycles. The fourth-order valence-electron chi connectivity index (χ4n) is 3.07. The zero-order valence-electron chi connectivity index (χ0n) is 17.4. The third-order valence-corrected chi connectivity index (χ3v) is 4.74. The summed E-state index contributed by atoms with van der Waals surface area (Å²) in [6, 6.07) is 21.7. The molecule has 0 fully saturated rings. The number of hydrogen-bond donors (Lipinski definition) is 2. The average Bonchev–Trinajstić information content (AvgIpc) is 2.81. The van der Waals surface area contributed by atoms with E-state index in [1.165, 1.54) is 0 Å². The number of carbonyl (C=O) groups excluding carboxylic acids is 2. The SMILES string of the molecule is COc1ccc(/C=C(/C(=O)NCc2ccc(C(N)=O)cc2)c2ccccc2)cc1OC. The standard InChI is InChI=1S/C25H24N2O4/c1-30-22-13-10-18(15-23(22)31-2)14-21(19-6-4-3-5-7-19)25(29)27-16-17-8-11-20(12-9-17)24(26)28/h3-15H,16H2,1-2H3,(H2,26,28)(H,27,29)/b21-14+. The molecular formula is C25H24N2O4. The highest BCUT2D eigenvalue weighted by Crippen LogP contribution is 2.29. The Labute approximate surface area is 181 Å². The predicted octanol–water partition coefficient (Wildman–Crippen LogP) is 3.66. The Bertz CT molecular complexity index is 1090. The molecule has 0 saturated heterocycles. The number of amides is 2. The second-order valence-electron chi connectivity index (χ2n) is 6.78. The highest BCUT2D eigenvalue weighted by molar-refractivity contribution is 6.24. The minimum atomic E-state index is -0.486. The van der Waals surface area contributed by atoms with Crippen LogP contribution in [0.4, 0.5) is 0 Å². The molecule has 0 radical (unpaired) electrons. The van der Waals surface area contributed by atoms with Crippen molar-refractivity contribution in [1.82, 2.24) is 5.32 Å². The van der Waals surface area contributed by atoms with Crippen molar-refractivity contribution in [2.45, 2.75) is 6.54 Å². The first-order valence-corrected chi connectivity index (χ1v) is 9.68. The van der Waals surface area contributed by atoms with Gasteiger partial charge in [0.2, 0.25) is 5.91 Å². The van der Waals surface area contributed by atoms with E-state index in [1.54, 1.807) is 44.6 Å². The molecule has 0 unspecified atom stereocenters. The number of methoxy groups -OCH3 is 2. The Morgan fingerprint density at radius 2 is 1.55 bits per heavy atom. The number of nitrogens with two attached hydrogens (primary N) is 1. The van der Waals surface area contributed by atoms with Crippen molar-refractivity contribution >= 4 is 23.5 Å². The lowest BCUT2D eigenvalue weighted by atomic mass is 10.0. The molecule has 31 heavy (non-hydrogen) atoms. The highest BCUT2D eigenvalue weighted by Gasteiger charge is 2.13. The van der Waals surface area contributed by atoms with Crippen LogP contribution in [0.3, 0.4) is 0 Å². The van der Waals surface area contributed by atoms with Crippen molar-refractivity contribution in [3.05, 3.63) is 95.1 Å². The number of primary amides is 1. The minimum absolute atomic E-state index is 0.222. The topological polar surface area (TPSA) is 90.6 Å². The number of nitrogens with one attached hydrogen (secondary N) is 1. The number of ether oxygens (including phenoxy) is 2. The molecule has 6 heteroatoms. The van der Waals surface area contributed by atoms with E-state index in [-0.39, 0.29) is 5.91 Å². The molecule has 3 N–H and O–H groups in total. The minimum Gasteiger partial charge on any atom is -0.493 e. The van der Waals surface area contributed by atoms with E-state index in [2.05, 4.69) is 5.32 Å². The maximum Gasteiger partial charge on any atom is 0.252 e. The molecule has 3 rings (SSSR count). The smallest absolute Gasteiger partial charge is 0.252 e. The third-order valence-electron chi connectivity index (χ3n) is 4.74. The average molecular weight is 416 g/mol. The summed E-state index contributed by atoms with van der Waals surface area (Å²) >= 11 is 0. The quantitative estimate of drug-likeness (QED) is 0.433. The maximum absolute atomic E-state index is 13.1. The first-order valence-electron chi connectivity index (χ1n) is 9.68. The van der Waals surface area contributed by atoms with Gasteiger partial charge in [-0.15, -0.1) is 0 Å². The number of hydrogen-bond acceptors (Lipinski definition) is 4. The van der Waals surface area contributed by atoms with E-state index in [4.69, 9.17) is 15.2 Å². The number of carbonyl (C=O) groups is 2. The lowest BCUT2D eigenvalue weighted by Crippen LogP contribution is -2.24. The number of rotatable bonds is 8. The van der Waals surface area contributed by atoms with Gasteiger partial charge in [-0.1, -0.05) is 48.5 Å². The van der Waals surface area contributed by atoms with Crippen LogP contribution in [0.25, 0.3) is 11.6 Å². The maximum atomic E-state index is 13.1. The molecule has 0 aromatic heterocycles. The van der Waals surface area contributed by atoms with Gasteiger partial charge in [0.15, 0.2) is 11.5 Å². The van der Waals surface area contributed by atoms with E-state index in [1.807, 2.05) is 48.5 Å². The Balaban J connectivity index is 1.86. The highest BCUT2D eigenvalue weighted by atomic mass is 16.5. The Hall–Kier alpha value is -4.06. The molecule has 0 bridgehead atoms. The summed E-state index contributed by atoms with van der Waals surface area (Å²) in [4.78, 5) is 24.3. The summed E-state index contributed by atoms with van der Waals surface area (Å²) in [5.74, 6) is 0.489. The van der Waals surface area contributed by atoms with Gasteiger partial charge in [0, 0.05) is 17.7 Å². The molecule has 3 aromatic rings. The van der Waals surface area contributed by atoms with Gasteiger partial charge >= 0.3 is 0 Å². The van der Waals surface area contributed by atoms with Gasteiger partial charge < -0.3 is 20.5 Å². The van der Waals surface area contributed by atoms with Gasteiger partial charge in [0.25, 0.3) is 5.91 Å². The molecule has 158 valence electrons. The lowest BCUT2D eigenvalue weighted by Gasteiger charge is -2.12. The summed E-state index contributed by atoms with van der Waals surface area (Å²) in [6.45, 7) is 0.313. The van der Waals surface area contributed by atoms with Crippen LogP contribution in [0.15, 0.2) is 72.8 Å². The van der Waals surface area contributed by atoms with E-state index in [9.17, 15) is 9.59 Å². The molecule has 0 spiro atoms. The second kappa shape index (κ2) is 10.1. The van der Waals surface area contributed by atoms with Crippen LogP contribution < -0.4 is 20.5 Å². The summed E-state index contributed by atoms with van der Waals surface area (Å²) in [7, 11) is 3.14. The van der Waals surface area contributed by atoms with E-state index < -0.39 is 5.91 Å². The molecular weight excluding hydrogens is 392 g/mol. The van der Waals surface area contributed by atoms with E-state index in [0.717, 1.165) is 16.7 Å². The van der Waals surface area contributed by atoms with Gasteiger partial charge in [-0.3, -0.25) is 9.59 Å². The normalized spacial score (nSPS) is 11.0. The summed E-state index contributed by atoms with van der Waals surface area (Å²) in [5.41, 5.74) is 8.66. The van der Waals surface area contributed by atoms with Crippen molar-refractivity contribution in [3.63, 3.8) is 0 Å². The first kappa shape index (κ1) is 21.6. The fraction of sp³-hybridized carbons (Fsp3) is 0.120. The Morgan fingerprint density at radius 3 is 2.16 bits per heavy atom. The number of benzene rings is 3. The van der Waals surface area contributed by atoms with Crippen LogP contribution in [-0.2, 0) is 11.3 Å².